The quantitative estimate of drug-likeness (QED) is 0.613. The molecule has 2 rings (SSSR count). The van der Waals surface area contributed by atoms with Gasteiger partial charge in [0.1, 0.15) is 5.75 Å². The van der Waals surface area contributed by atoms with E-state index in [9.17, 15) is 4.79 Å². The highest BCUT2D eigenvalue weighted by Crippen LogP contribution is 2.19. The second-order valence-electron chi connectivity index (χ2n) is 3.87. The van der Waals surface area contributed by atoms with E-state index in [2.05, 4.69) is 6.92 Å². The van der Waals surface area contributed by atoms with Crippen LogP contribution in [0.3, 0.4) is 0 Å². The van der Waals surface area contributed by atoms with Crippen molar-refractivity contribution in [1.29, 1.82) is 0 Å². The van der Waals surface area contributed by atoms with Gasteiger partial charge >= 0.3 is 5.97 Å². The Morgan fingerprint density at radius 2 is 1.78 bits per heavy atom. The first-order valence-corrected chi connectivity index (χ1v) is 6.14. The van der Waals surface area contributed by atoms with E-state index >= 15 is 0 Å². The van der Waals surface area contributed by atoms with E-state index in [1.807, 2.05) is 12.1 Å². The van der Waals surface area contributed by atoms with Crippen LogP contribution in [-0.4, -0.2) is 5.97 Å². The highest BCUT2D eigenvalue weighted by molar-refractivity contribution is 6.33. The summed E-state index contributed by atoms with van der Waals surface area (Å²) in [6.07, 6.45) is 0.957. The molecule has 0 unspecified atom stereocenters. The largest absolute Gasteiger partial charge is 0.423 e. The van der Waals surface area contributed by atoms with Crippen molar-refractivity contribution in [3.05, 3.63) is 64.7 Å². The summed E-state index contributed by atoms with van der Waals surface area (Å²) < 4.78 is 5.26. The predicted molar refractivity (Wildman–Crippen MR) is 72.2 cm³/mol. The van der Waals surface area contributed by atoms with Gasteiger partial charge in [-0.3, -0.25) is 0 Å². The maximum Gasteiger partial charge on any atom is 0.345 e. The van der Waals surface area contributed by atoms with Crippen molar-refractivity contribution in [2.24, 2.45) is 0 Å². The number of hydrogen-bond donors (Lipinski definition) is 0. The minimum absolute atomic E-state index is 0.374. The molecule has 0 aliphatic carbocycles. The summed E-state index contributed by atoms with van der Waals surface area (Å²) >= 11 is 5.93. The Balaban J connectivity index is 2.14. The molecule has 0 bridgehead atoms. The van der Waals surface area contributed by atoms with Crippen molar-refractivity contribution < 1.29 is 9.53 Å². The van der Waals surface area contributed by atoms with E-state index < -0.39 is 5.97 Å². The molecule has 0 amide bonds. The van der Waals surface area contributed by atoms with Crippen LogP contribution in [-0.2, 0) is 6.42 Å². The number of aryl methyl sites for hydroxylation is 1. The minimum Gasteiger partial charge on any atom is -0.423 e. The second-order valence-corrected chi connectivity index (χ2v) is 4.27. The summed E-state index contributed by atoms with van der Waals surface area (Å²) in [5.74, 6) is 0.0852. The fourth-order valence-corrected chi connectivity index (χ4v) is 1.79. The molecule has 0 aromatic heterocycles. The van der Waals surface area contributed by atoms with E-state index in [0.29, 0.717) is 16.3 Å². The molecule has 92 valence electrons. The van der Waals surface area contributed by atoms with Crippen molar-refractivity contribution in [2.75, 3.05) is 0 Å². The highest BCUT2D eigenvalue weighted by atomic mass is 35.5. The third kappa shape index (κ3) is 2.90. The van der Waals surface area contributed by atoms with Crippen LogP contribution in [0.2, 0.25) is 5.02 Å². The average Bonchev–Trinajstić information content (AvgIpc) is 2.40. The zero-order valence-electron chi connectivity index (χ0n) is 10.0. The Hall–Kier alpha value is -1.80. The molecular formula is C15H13ClO2. The van der Waals surface area contributed by atoms with Gasteiger partial charge in [0.15, 0.2) is 0 Å². The molecule has 0 atom stereocenters. The number of benzene rings is 2. The fraction of sp³-hybridized carbons (Fsp3) is 0.133. The first kappa shape index (κ1) is 12.7. The molecule has 0 radical (unpaired) electrons. The SMILES string of the molecule is CCc1ccc(OC(=O)c2ccccc2Cl)cc1. The monoisotopic (exact) mass is 260 g/mol. The lowest BCUT2D eigenvalue weighted by Gasteiger charge is -2.06. The van der Waals surface area contributed by atoms with Crippen LogP contribution < -0.4 is 4.74 Å². The van der Waals surface area contributed by atoms with Crippen molar-refractivity contribution >= 4 is 17.6 Å². The first-order valence-electron chi connectivity index (χ1n) is 5.76. The summed E-state index contributed by atoms with van der Waals surface area (Å²) in [5.41, 5.74) is 1.58. The van der Waals surface area contributed by atoms with Gasteiger partial charge in [-0.05, 0) is 36.2 Å². The Morgan fingerprint density at radius 1 is 1.11 bits per heavy atom. The molecule has 0 aliphatic rings. The van der Waals surface area contributed by atoms with Gasteiger partial charge in [0, 0.05) is 0 Å². The van der Waals surface area contributed by atoms with E-state index in [0.717, 1.165) is 6.42 Å². The molecule has 2 aromatic rings. The van der Waals surface area contributed by atoms with Gasteiger partial charge in [-0.25, -0.2) is 4.79 Å². The number of carbonyl (C=O) groups is 1. The van der Waals surface area contributed by atoms with Crippen LogP contribution in [0.15, 0.2) is 48.5 Å². The molecule has 2 nitrogen and oxygen atoms in total. The normalized spacial score (nSPS) is 10.1. The number of halogens is 1. The number of carbonyl (C=O) groups excluding carboxylic acids is 1. The molecule has 0 spiro atoms. The molecule has 2 aromatic carbocycles. The molecule has 0 saturated carbocycles. The van der Waals surface area contributed by atoms with Gasteiger partial charge in [0.25, 0.3) is 0 Å². The summed E-state index contributed by atoms with van der Waals surface area (Å²) in [6.45, 7) is 2.07. The lowest BCUT2D eigenvalue weighted by molar-refractivity contribution is 0.0735. The summed E-state index contributed by atoms with van der Waals surface area (Å²) in [6, 6.07) is 14.3. The third-order valence-corrected chi connectivity index (χ3v) is 2.97. The maximum atomic E-state index is 11.9. The summed E-state index contributed by atoms with van der Waals surface area (Å²) in [5, 5.41) is 0.396. The molecule has 0 fully saturated rings. The van der Waals surface area contributed by atoms with Gasteiger partial charge < -0.3 is 4.74 Å². The van der Waals surface area contributed by atoms with Crippen LogP contribution in [0, 0.1) is 0 Å². The molecule has 3 heteroatoms. The van der Waals surface area contributed by atoms with Gasteiger partial charge in [0.05, 0.1) is 10.6 Å². The topological polar surface area (TPSA) is 26.3 Å². The van der Waals surface area contributed by atoms with Gasteiger partial charge in [0.2, 0.25) is 0 Å². The van der Waals surface area contributed by atoms with Crippen molar-refractivity contribution in [3.63, 3.8) is 0 Å². The van der Waals surface area contributed by atoms with E-state index in [-0.39, 0.29) is 0 Å². The molecule has 18 heavy (non-hydrogen) atoms. The van der Waals surface area contributed by atoms with Crippen LogP contribution >= 0.6 is 11.6 Å². The van der Waals surface area contributed by atoms with Crippen LogP contribution in [0.5, 0.6) is 5.75 Å². The minimum atomic E-state index is -0.440. The van der Waals surface area contributed by atoms with Gasteiger partial charge in [-0.2, -0.15) is 0 Å². The first-order chi connectivity index (χ1) is 8.70. The smallest absolute Gasteiger partial charge is 0.345 e. The Labute approximate surface area is 111 Å². The Morgan fingerprint density at radius 3 is 2.39 bits per heavy atom. The van der Waals surface area contributed by atoms with E-state index in [1.54, 1.807) is 36.4 Å². The van der Waals surface area contributed by atoms with Crippen molar-refractivity contribution in [2.45, 2.75) is 13.3 Å². The fourth-order valence-electron chi connectivity index (χ4n) is 1.58. The standard InChI is InChI=1S/C15H13ClO2/c1-2-11-7-9-12(10-8-11)18-15(17)13-5-3-4-6-14(13)16/h3-10H,2H2,1H3. The highest BCUT2D eigenvalue weighted by Gasteiger charge is 2.11. The van der Waals surface area contributed by atoms with Crippen LogP contribution in [0.25, 0.3) is 0 Å². The Kier molecular flexibility index (Phi) is 4.00. The maximum absolute atomic E-state index is 11.9. The zero-order valence-corrected chi connectivity index (χ0v) is 10.8. The molecule has 0 heterocycles. The average molecular weight is 261 g/mol. The molecule has 0 N–H and O–H groups in total. The van der Waals surface area contributed by atoms with E-state index in [1.165, 1.54) is 5.56 Å². The van der Waals surface area contributed by atoms with Crippen molar-refractivity contribution in [1.82, 2.24) is 0 Å². The lowest BCUT2D eigenvalue weighted by atomic mass is 10.2. The number of rotatable bonds is 3. The Bertz CT molecular complexity index is 547. The molecule has 0 saturated heterocycles. The molecular weight excluding hydrogens is 248 g/mol. The third-order valence-electron chi connectivity index (χ3n) is 2.64. The lowest BCUT2D eigenvalue weighted by Crippen LogP contribution is -2.08. The van der Waals surface area contributed by atoms with Crippen molar-refractivity contribution in [3.8, 4) is 5.75 Å². The van der Waals surface area contributed by atoms with E-state index in [4.69, 9.17) is 16.3 Å². The predicted octanol–water partition coefficient (Wildman–Crippen LogP) is 4.12. The van der Waals surface area contributed by atoms with Crippen LogP contribution in [0.4, 0.5) is 0 Å². The van der Waals surface area contributed by atoms with Crippen LogP contribution in [0.1, 0.15) is 22.8 Å². The van der Waals surface area contributed by atoms with Gasteiger partial charge in [-0.15, -0.1) is 0 Å². The zero-order chi connectivity index (χ0) is 13.0. The summed E-state index contributed by atoms with van der Waals surface area (Å²) in [4.78, 5) is 11.9. The summed E-state index contributed by atoms with van der Waals surface area (Å²) in [7, 11) is 0. The number of ether oxygens (including phenoxy) is 1. The van der Waals surface area contributed by atoms with Gasteiger partial charge in [-0.1, -0.05) is 42.8 Å². The second kappa shape index (κ2) is 5.69. The number of esters is 1. The molecule has 0 aliphatic heterocycles. The number of hydrogen-bond acceptors (Lipinski definition) is 2.